The molecule has 0 saturated heterocycles. The summed E-state index contributed by atoms with van der Waals surface area (Å²) in [4.78, 5) is 34.0. The molecule has 0 aromatic carbocycles. The van der Waals surface area contributed by atoms with Crippen LogP contribution in [0.5, 0.6) is 0 Å². The maximum atomic E-state index is 12.2. The van der Waals surface area contributed by atoms with E-state index >= 15 is 0 Å². The minimum atomic E-state index is -0.331. The van der Waals surface area contributed by atoms with Crippen molar-refractivity contribution in [2.75, 3.05) is 11.9 Å². The molecule has 3 rings (SSSR count). The largest absolute Gasteiger partial charge is 0.301 e. The van der Waals surface area contributed by atoms with Gasteiger partial charge in [-0.3, -0.25) is 20.0 Å². The maximum absolute atomic E-state index is 12.2. The Labute approximate surface area is 175 Å². The van der Waals surface area contributed by atoms with Crippen molar-refractivity contribution in [1.82, 2.24) is 20.8 Å². The summed E-state index contributed by atoms with van der Waals surface area (Å²) in [6, 6.07) is 3.34. The Kier molecular flexibility index (Phi) is 8.58. The fourth-order valence-electron chi connectivity index (χ4n) is 3.40. The molecule has 8 heteroatoms. The molecule has 1 aliphatic rings. The van der Waals surface area contributed by atoms with Crippen molar-refractivity contribution in [3.8, 4) is 0 Å². The lowest BCUT2D eigenvalue weighted by atomic mass is 10.0. The van der Waals surface area contributed by atoms with E-state index in [0.29, 0.717) is 10.7 Å². The van der Waals surface area contributed by atoms with Crippen molar-refractivity contribution < 1.29 is 9.59 Å². The Balaban J connectivity index is 1.48. The zero-order valence-electron chi connectivity index (χ0n) is 16.7. The second-order valence-electron chi connectivity index (χ2n) is 7.31. The molecule has 0 spiro atoms. The molecular weight excluding hydrogens is 386 g/mol. The number of anilines is 1. The van der Waals surface area contributed by atoms with E-state index in [4.69, 9.17) is 0 Å². The second-order valence-corrected chi connectivity index (χ2v) is 8.40. The molecule has 1 aliphatic carbocycles. The minimum absolute atomic E-state index is 0.0315. The summed E-state index contributed by atoms with van der Waals surface area (Å²) in [5.74, 6) is -0.566. The number of amides is 2. The number of aryl methyl sites for hydroxylation is 2. The molecule has 29 heavy (non-hydrogen) atoms. The van der Waals surface area contributed by atoms with Crippen LogP contribution in [0.3, 0.4) is 0 Å². The van der Waals surface area contributed by atoms with Crippen LogP contribution in [0.25, 0.3) is 0 Å². The normalized spacial score (nSPS) is 15.4. The smallest absolute Gasteiger partial charge is 0.266 e. The maximum Gasteiger partial charge on any atom is 0.266 e. The third-order valence-electron chi connectivity index (χ3n) is 4.97. The van der Waals surface area contributed by atoms with Crippen molar-refractivity contribution in [1.29, 1.82) is 0 Å². The first-order chi connectivity index (χ1) is 14.2. The van der Waals surface area contributed by atoms with Gasteiger partial charge in [0.05, 0.1) is 17.8 Å². The van der Waals surface area contributed by atoms with Gasteiger partial charge in [0, 0.05) is 17.3 Å². The molecule has 156 valence electrons. The van der Waals surface area contributed by atoms with E-state index in [1.54, 1.807) is 29.7 Å². The van der Waals surface area contributed by atoms with Crippen LogP contribution in [0.2, 0.25) is 0 Å². The van der Waals surface area contributed by atoms with Crippen molar-refractivity contribution in [3.05, 3.63) is 40.7 Å². The van der Waals surface area contributed by atoms with Crippen LogP contribution >= 0.6 is 11.3 Å². The molecule has 0 atom stereocenters. The summed E-state index contributed by atoms with van der Waals surface area (Å²) in [6.07, 6.45) is 15.3. The number of nitrogens with one attached hydrogen (secondary N) is 3. The van der Waals surface area contributed by atoms with E-state index in [-0.39, 0.29) is 18.4 Å². The van der Waals surface area contributed by atoms with E-state index in [1.165, 1.54) is 56.0 Å². The molecule has 0 bridgehead atoms. The molecule has 7 nitrogen and oxygen atoms in total. The number of aromatic nitrogens is 2. The van der Waals surface area contributed by atoms with Crippen molar-refractivity contribution in [2.45, 2.75) is 64.2 Å². The molecule has 2 amide bonds. The van der Waals surface area contributed by atoms with E-state index in [1.807, 2.05) is 0 Å². The van der Waals surface area contributed by atoms with Crippen LogP contribution in [-0.4, -0.2) is 28.3 Å². The Bertz CT molecular complexity index is 764. The standard InChI is InChI=1S/C21H29N5O2S/c27-19(15-23-26-20(28)16-10-9-13-22-14-16)25-21-24-17-11-7-5-3-1-2-4-6-8-12-18(17)29-21/h9-10,13-14,23H,1-8,11-12,15H2,(H,26,28)(H,24,25,27). The van der Waals surface area contributed by atoms with E-state index in [2.05, 4.69) is 26.1 Å². The van der Waals surface area contributed by atoms with Gasteiger partial charge in [0.25, 0.3) is 5.91 Å². The fourth-order valence-corrected chi connectivity index (χ4v) is 4.47. The first-order valence-corrected chi connectivity index (χ1v) is 11.3. The molecule has 0 fully saturated rings. The lowest BCUT2D eigenvalue weighted by Crippen LogP contribution is -2.42. The number of hydrogen-bond acceptors (Lipinski definition) is 6. The van der Waals surface area contributed by atoms with Crippen LogP contribution < -0.4 is 16.2 Å². The number of carbonyl (C=O) groups is 2. The van der Waals surface area contributed by atoms with Crippen LogP contribution in [0.15, 0.2) is 24.5 Å². The van der Waals surface area contributed by atoms with Crippen LogP contribution in [-0.2, 0) is 17.6 Å². The Morgan fingerprint density at radius 2 is 1.72 bits per heavy atom. The molecular formula is C21H29N5O2S. The zero-order valence-corrected chi connectivity index (χ0v) is 17.5. The van der Waals surface area contributed by atoms with E-state index < -0.39 is 0 Å². The molecule has 0 aliphatic heterocycles. The highest BCUT2D eigenvalue weighted by Crippen LogP contribution is 2.27. The van der Waals surface area contributed by atoms with E-state index in [9.17, 15) is 9.59 Å². The number of thiazole rings is 1. The van der Waals surface area contributed by atoms with Crippen LogP contribution in [0.4, 0.5) is 5.13 Å². The summed E-state index contributed by atoms with van der Waals surface area (Å²) in [7, 11) is 0. The van der Waals surface area contributed by atoms with Gasteiger partial charge in [-0.2, -0.15) is 0 Å². The number of hydrazine groups is 1. The summed E-state index contributed by atoms with van der Waals surface area (Å²) < 4.78 is 0. The highest BCUT2D eigenvalue weighted by atomic mass is 32.1. The highest BCUT2D eigenvalue weighted by Gasteiger charge is 2.14. The predicted octanol–water partition coefficient (Wildman–Crippen LogP) is 3.63. The monoisotopic (exact) mass is 415 g/mol. The Morgan fingerprint density at radius 1 is 1.00 bits per heavy atom. The van der Waals surface area contributed by atoms with Crippen molar-refractivity contribution in [2.24, 2.45) is 0 Å². The lowest BCUT2D eigenvalue weighted by molar-refractivity contribution is -0.115. The second kappa shape index (κ2) is 11.6. The number of nitrogens with zero attached hydrogens (tertiary/aromatic N) is 2. The summed E-state index contributed by atoms with van der Waals surface area (Å²) in [6.45, 7) is -0.0315. The molecule has 0 saturated carbocycles. The number of pyridine rings is 1. The third kappa shape index (κ3) is 7.21. The van der Waals surface area contributed by atoms with Gasteiger partial charge < -0.3 is 5.32 Å². The molecule has 2 aromatic rings. The number of carbonyl (C=O) groups excluding carboxylic acids is 2. The van der Waals surface area contributed by atoms with E-state index in [0.717, 1.165) is 25.0 Å². The third-order valence-corrected chi connectivity index (χ3v) is 6.04. The first kappa shape index (κ1) is 21.4. The lowest BCUT2D eigenvalue weighted by Gasteiger charge is -2.06. The van der Waals surface area contributed by atoms with Gasteiger partial charge >= 0.3 is 0 Å². The summed E-state index contributed by atoms with van der Waals surface area (Å²) >= 11 is 1.58. The van der Waals surface area contributed by atoms with Crippen molar-refractivity contribution >= 4 is 28.3 Å². The minimum Gasteiger partial charge on any atom is -0.301 e. The molecule has 2 aromatic heterocycles. The van der Waals surface area contributed by atoms with Gasteiger partial charge in [0.15, 0.2) is 5.13 Å². The van der Waals surface area contributed by atoms with Gasteiger partial charge in [0.1, 0.15) is 0 Å². The zero-order chi connectivity index (χ0) is 20.3. The molecule has 0 unspecified atom stereocenters. The van der Waals surface area contributed by atoms with Crippen LogP contribution in [0, 0.1) is 0 Å². The first-order valence-electron chi connectivity index (χ1n) is 10.4. The van der Waals surface area contributed by atoms with Gasteiger partial charge in [-0.1, -0.05) is 38.5 Å². The van der Waals surface area contributed by atoms with Gasteiger partial charge in [0.2, 0.25) is 5.91 Å². The number of hydrogen-bond donors (Lipinski definition) is 3. The number of fused-ring (bicyclic) bond motifs is 1. The predicted molar refractivity (Wildman–Crippen MR) is 115 cm³/mol. The van der Waals surface area contributed by atoms with Crippen molar-refractivity contribution in [3.63, 3.8) is 0 Å². The summed E-state index contributed by atoms with van der Waals surface area (Å²) in [5, 5.41) is 3.50. The number of rotatable bonds is 5. The van der Waals surface area contributed by atoms with Crippen LogP contribution in [0.1, 0.15) is 72.3 Å². The van der Waals surface area contributed by atoms with Gasteiger partial charge in [-0.05, 0) is 37.8 Å². The SMILES string of the molecule is O=C(CNNC(=O)c1cccnc1)Nc1nc2c(s1)CCCCCCCCCC2. The average molecular weight is 416 g/mol. The molecule has 0 radical (unpaired) electrons. The Hall–Kier alpha value is -2.32. The fraction of sp³-hybridized carbons (Fsp3) is 0.524. The quantitative estimate of drug-likeness (QED) is 0.648. The molecule has 2 heterocycles. The average Bonchev–Trinajstić information content (AvgIpc) is 3.09. The molecule has 3 N–H and O–H groups in total. The van der Waals surface area contributed by atoms with Gasteiger partial charge in [-0.25, -0.2) is 10.4 Å². The van der Waals surface area contributed by atoms with Gasteiger partial charge in [-0.15, -0.1) is 11.3 Å². The highest BCUT2D eigenvalue weighted by molar-refractivity contribution is 7.15. The topological polar surface area (TPSA) is 96.0 Å². The summed E-state index contributed by atoms with van der Waals surface area (Å²) in [5.41, 5.74) is 6.72. The Morgan fingerprint density at radius 3 is 2.45 bits per heavy atom.